The van der Waals surface area contributed by atoms with Gasteiger partial charge >= 0.3 is 0 Å². The number of benzene rings is 10. The van der Waals surface area contributed by atoms with Gasteiger partial charge in [-0.15, -0.1) is 0 Å². The molecule has 0 saturated carbocycles. The predicted molar refractivity (Wildman–Crippen MR) is 259 cm³/mol. The summed E-state index contributed by atoms with van der Waals surface area (Å²) in [6, 6.07) is 74.3. The number of anilines is 6. The van der Waals surface area contributed by atoms with Crippen molar-refractivity contribution < 1.29 is 9.47 Å². The molecule has 63 heavy (non-hydrogen) atoms. The minimum Gasteiger partial charge on any atom is -0.453 e. The van der Waals surface area contributed by atoms with Crippen LogP contribution in [0.1, 0.15) is 25.0 Å². The fraction of sp³-hybridized carbons (Fsp3) is 0.0508. The molecule has 4 heteroatoms. The van der Waals surface area contributed by atoms with Crippen LogP contribution in [0, 0.1) is 0 Å². The lowest BCUT2D eigenvalue weighted by Crippen LogP contribution is -2.16. The molecule has 0 fully saturated rings. The van der Waals surface area contributed by atoms with Crippen LogP contribution >= 0.6 is 0 Å². The van der Waals surface area contributed by atoms with E-state index in [9.17, 15) is 0 Å². The van der Waals surface area contributed by atoms with Crippen LogP contribution in [0.5, 0.6) is 23.0 Å². The predicted octanol–water partition coefficient (Wildman–Crippen LogP) is 16.8. The first-order valence-corrected chi connectivity index (χ1v) is 21.7. The molecule has 10 aromatic carbocycles. The van der Waals surface area contributed by atoms with Gasteiger partial charge in [-0.05, 0) is 145 Å². The third-order valence-corrected chi connectivity index (χ3v) is 13.4. The lowest BCUT2D eigenvalue weighted by atomic mass is 9.80. The minimum atomic E-state index is -0.159. The first-order chi connectivity index (χ1) is 31.0. The Morgan fingerprint density at radius 1 is 0.333 bits per heavy atom. The molecule has 4 nitrogen and oxygen atoms in total. The lowest BCUT2D eigenvalue weighted by Gasteiger charge is -2.33. The van der Waals surface area contributed by atoms with Crippen molar-refractivity contribution >= 4 is 55.7 Å². The number of nitrogens with zero attached hydrogens (tertiary/aromatic N) is 2. The van der Waals surface area contributed by atoms with Crippen LogP contribution in [-0.2, 0) is 5.41 Å². The van der Waals surface area contributed by atoms with Gasteiger partial charge in [-0.3, -0.25) is 0 Å². The highest BCUT2D eigenvalue weighted by atomic mass is 16.5. The molecule has 1 aliphatic carbocycles. The lowest BCUT2D eigenvalue weighted by molar-refractivity contribution is 0.477. The monoisotopic (exact) mass is 808 g/mol. The largest absolute Gasteiger partial charge is 0.453 e. The van der Waals surface area contributed by atoms with E-state index >= 15 is 0 Å². The van der Waals surface area contributed by atoms with E-state index in [4.69, 9.17) is 9.47 Å². The van der Waals surface area contributed by atoms with Crippen LogP contribution in [0.2, 0.25) is 0 Å². The summed E-state index contributed by atoms with van der Waals surface area (Å²) < 4.78 is 13.0. The smallest absolute Gasteiger partial charge is 0.151 e. The molecule has 13 rings (SSSR count). The molecule has 3 aliphatic rings. The van der Waals surface area contributed by atoms with Crippen LogP contribution in [-0.4, -0.2) is 0 Å². The molecule has 0 spiro atoms. The average Bonchev–Trinajstić information content (AvgIpc) is 3.56. The highest BCUT2D eigenvalue weighted by Gasteiger charge is 2.36. The number of para-hydroxylation sites is 8. The van der Waals surface area contributed by atoms with E-state index in [1.54, 1.807) is 0 Å². The Bertz CT molecular complexity index is 3430. The summed E-state index contributed by atoms with van der Waals surface area (Å²) in [5.41, 5.74) is 16.1. The van der Waals surface area contributed by atoms with Gasteiger partial charge in [0.25, 0.3) is 0 Å². The fourth-order valence-corrected chi connectivity index (χ4v) is 10.5. The molecular weight excluding hydrogens is 769 g/mol. The highest BCUT2D eigenvalue weighted by molar-refractivity contribution is 6.23. The molecule has 0 unspecified atom stereocenters. The number of ether oxygens (including phenoxy) is 2. The van der Waals surface area contributed by atoms with Crippen LogP contribution in [0.3, 0.4) is 0 Å². The molecule has 0 aromatic heterocycles. The molecule has 0 saturated heterocycles. The number of hydrogen-bond acceptors (Lipinski definition) is 4. The molecule has 0 N–H and O–H groups in total. The van der Waals surface area contributed by atoms with Crippen molar-refractivity contribution in [2.45, 2.75) is 19.3 Å². The van der Waals surface area contributed by atoms with Gasteiger partial charge < -0.3 is 19.3 Å². The topological polar surface area (TPSA) is 24.9 Å². The summed E-state index contributed by atoms with van der Waals surface area (Å²) in [5.74, 6) is 3.33. The van der Waals surface area contributed by atoms with Gasteiger partial charge in [0, 0.05) is 16.8 Å². The average molecular weight is 809 g/mol. The van der Waals surface area contributed by atoms with Crippen molar-refractivity contribution in [1.29, 1.82) is 0 Å². The maximum atomic E-state index is 6.48. The summed E-state index contributed by atoms with van der Waals surface area (Å²) in [5, 5.41) is 4.74. The SMILES string of the molecule is CC1(C)c2ccccc2-c2ccc(-c3c4ccc(N5c6ccccc6Oc6ccccc65)cc4c(-c4ccccc4)c4ccc(N5c6ccccc6Oc6ccccc65)cc34)cc21. The van der Waals surface area contributed by atoms with E-state index < -0.39 is 0 Å². The van der Waals surface area contributed by atoms with Crippen LogP contribution in [0.15, 0.2) is 206 Å². The third-order valence-electron chi connectivity index (χ3n) is 13.4. The fourth-order valence-electron chi connectivity index (χ4n) is 10.5. The Labute approximate surface area is 366 Å². The summed E-state index contributed by atoms with van der Waals surface area (Å²) in [6.07, 6.45) is 0. The van der Waals surface area contributed by atoms with E-state index in [0.29, 0.717) is 0 Å². The quantitative estimate of drug-likeness (QED) is 0.165. The standard InChI is InChI=1S/C59H40N2O2/c1-59(2)47-19-7-6-18-41(47)42-31-28-38(34-48(42)59)58-44-33-30-39(60-49-20-8-12-24-53(49)62-54-25-13-9-21-50(54)60)35-45(44)57(37-16-4-3-5-17-37)43-32-29-40(36-46(43)58)61-51-22-10-14-26-55(51)63-56-27-15-11-23-52(56)61/h3-36H,1-2H3. The second-order valence-corrected chi connectivity index (χ2v) is 17.3. The van der Waals surface area contributed by atoms with Gasteiger partial charge in [0.15, 0.2) is 23.0 Å². The molecule has 0 radical (unpaired) electrons. The number of hydrogen-bond donors (Lipinski definition) is 0. The Hall–Kier alpha value is -8.08. The Morgan fingerprint density at radius 2 is 0.762 bits per heavy atom. The van der Waals surface area contributed by atoms with Gasteiger partial charge in [0.05, 0.1) is 22.7 Å². The first kappa shape index (κ1) is 35.7. The summed E-state index contributed by atoms with van der Waals surface area (Å²) in [6.45, 7) is 4.73. The van der Waals surface area contributed by atoms with Gasteiger partial charge in [-0.1, -0.05) is 141 Å². The number of rotatable bonds is 4. The molecule has 0 bridgehead atoms. The molecule has 10 aromatic rings. The summed E-state index contributed by atoms with van der Waals surface area (Å²) in [7, 11) is 0. The summed E-state index contributed by atoms with van der Waals surface area (Å²) >= 11 is 0. The van der Waals surface area contributed by atoms with Gasteiger partial charge in [-0.25, -0.2) is 0 Å². The van der Waals surface area contributed by atoms with Crippen molar-refractivity contribution in [3.8, 4) is 56.4 Å². The maximum absolute atomic E-state index is 6.48. The normalized spacial score (nSPS) is 13.9. The van der Waals surface area contributed by atoms with E-state index in [2.05, 4.69) is 206 Å². The van der Waals surface area contributed by atoms with Crippen LogP contribution in [0.4, 0.5) is 34.1 Å². The van der Waals surface area contributed by atoms with Crippen molar-refractivity contribution in [2.75, 3.05) is 9.80 Å². The first-order valence-electron chi connectivity index (χ1n) is 21.7. The summed E-state index contributed by atoms with van der Waals surface area (Å²) in [4.78, 5) is 4.69. The highest BCUT2D eigenvalue weighted by Crippen LogP contribution is 2.56. The maximum Gasteiger partial charge on any atom is 0.151 e. The minimum absolute atomic E-state index is 0.159. The molecular formula is C59H40N2O2. The van der Waals surface area contributed by atoms with Gasteiger partial charge in [0.1, 0.15) is 0 Å². The zero-order valence-corrected chi connectivity index (χ0v) is 34.8. The Balaban J connectivity index is 1.13. The van der Waals surface area contributed by atoms with Crippen LogP contribution < -0.4 is 19.3 Å². The zero-order chi connectivity index (χ0) is 41.8. The van der Waals surface area contributed by atoms with Crippen molar-refractivity contribution in [3.05, 3.63) is 217 Å². The molecule has 298 valence electrons. The van der Waals surface area contributed by atoms with Crippen molar-refractivity contribution in [2.24, 2.45) is 0 Å². The Morgan fingerprint density at radius 3 is 1.29 bits per heavy atom. The Kier molecular flexibility index (Phi) is 7.62. The van der Waals surface area contributed by atoms with E-state index in [-0.39, 0.29) is 5.41 Å². The van der Waals surface area contributed by atoms with Crippen LogP contribution in [0.25, 0.3) is 54.9 Å². The van der Waals surface area contributed by atoms with E-state index in [1.165, 1.54) is 66.1 Å². The van der Waals surface area contributed by atoms with E-state index in [0.717, 1.165) is 57.1 Å². The van der Waals surface area contributed by atoms with Gasteiger partial charge in [-0.2, -0.15) is 0 Å². The second kappa shape index (κ2) is 13.5. The molecule has 0 atom stereocenters. The van der Waals surface area contributed by atoms with Crippen molar-refractivity contribution in [1.82, 2.24) is 0 Å². The molecule has 2 heterocycles. The van der Waals surface area contributed by atoms with Gasteiger partial charge in [0.2, 0.25) is 0 Å². The molecule has 0 amide bonds. The molecule has 2 aliphatic heterocycles. The number of fused-ring (bicyclic) bond motifs is 9. The second-order valence-electron chi connectivity index (χ2n) is 17.3. The van der Waals surface area contributed by atoms with Crippen molar-refractivity contribution in [3.63, 3.8) is 0 Å². The third kappa shape index (κ3) is 5.28. The zero-order valence-electron chi connectivity index (χ0n) is 34.8. The van der Waals surface area contributed by atoms with E-state index in [1.807, 2.05) is 24.3 Å².